The molecule has 0 fully saturated rings. The summed E-state index contributed by atoms with van der Waals surface area (Å²) in [4.78, 5) is 18.4. The lowest BCUT2D eigenvalue weighted by molar-refractivity contribution is -0.384. The Hall–Kier alpha value is -2.09. The molecule has 0 aliphatic rings. The molecule has 8 heteroatoms. The highest BCUT2D eigenvalue weighted by molar-refractivity contribution is 9.10. The summed E-state index contributed by atoms with van der Waals surface area (Å²) in [6.45, 7) is 2.59. The molecule has 21 heavy (non-hydrogen) atoms. The maximum Gasteiger partial charge on any atom is 0.313 e. The average Bonchev–Trinajstić information content (AvgIpc) is 2.47. The minimum Gasteiger partial charge on any atom is -0.354 e. The van der Waals surface area contributed by atoms with Crippen LogP contribution in [-0.4, -0.2) is 21.4 Å². The second kappa shape index (κ2) is 6.57. The van der Waals surface area contributed by atoms with Gasteiger partial charge in [0.2, 0.25) is 5.95 Å². The van der Waals surface area contributed by atoms with Crippen molar-refractivity contribution >= 4 is 27.6 Å². The fraction of sp³-hybridized carbons (Fsp3) is 0.231. The van der Waals surface area contributed by atoms with Crippen LogP contribution < -0.4 is 5.32 Å². The summed E-state index contributed by atoms with van der Waals surface area (Å²) in [5.41, 5.74) is -0.334. The Morgan fingerprint density at radius 3 is 2.90 bits per heavy atom. The Labute approximate surface area is 128 Å². The lowest BCUT2D eigenvalue weighted by Crippen LogP contribution is -2.06. The molecule has 0 radical (unpaired) electrons. The molecule has 1 aromatic heterocycles. The minimum absolute atomic E-state index is 0.0487. The average molecular weight is 355 g/mol. The molecule has 0 aliphatic heterocycles. The summed E-state index contributed by atoms with van der Waals surface area (Å²) in [7, 11) is 0. The quantitative estimate of drug-likeness (QED) is 0.652. The number of rotatable bonds is 5. The summed E-state index contributed by atoms with van der Waals surface area (Å²) >= 11 is 3.22. The lowest BCUT2D eigenvalue weighted by Gasteiger charge is -2.07. The molecule has 0 atom stereocenters. The second-order valence-corrected chi connectivity index (χ2v) is 5.15. The van der Waals surface area contributed by atoms with Gasteiger partial charge < -0.3 is 5.32 Å². The van der Waals surface area contributed by atoms with Crippen molar-refractivity contribution in [1.29, 1.82) is 0 Å². The van der Waals surface area contributed by atoms with Gasteiger partial charge in [0.15, 0.2) is 5.69 Å². The summed E-state index contributed by atoms with van der Waals surface area (Å²) in [5.74, 6) is -0.349. The normalized spacial score (nSPS) is 10.4. The van der Waals surface area contributed by atoms with Crippen molar-refractivity contribution in [3.63, 3.8) is 0 Å². The lowest BCUT2D eigenvalue weighted by atomic mass is 10.1. The number of nitrogens with zero attached hydrogens (tertiary/aromatic N) is 3. The van der Waals surface area contributed by atoms with Crippen LogP contribution in [0.1, 0.15) is 13.3 Å². The number of aromatic nitrogens is 2. The van der Waals surface area contributed by atoms with Crippen LogP contribution in [0.4, 0.5) is 16.0 Å². The molecule has 0 saturated carbocycles. The first-order valence-corrected chi connectivity index (χ1v) is 7.03. The van der Waals surface area contributed by atoms with E-state index < -0.39 is 10.7 Å². The fourth-order valence-corrected chi connectivity index (χ4v) is 2.07. The highest BCUT2D eigenvalue weighted by atomic mass is 79.9. The third-order valence-electron chi connectivity index (χ3n) is 2.68. The van der Waals surface area contributed by atoms with Crippen molar-refractivity contribution in [2.24, 2.45) is 0 Å². The predicted octanol–water partition coefficient (Wildman–Crippen LogP) is 3.78. The monoisotopic (exact) mass is 354 g/mol. The van der Waals surface area contributed by atoms with Gasteiger partial charge in [-0.15, -0.1) is 0 Å². The standard InChI is InChI=1S/C13H12BrFN4O2/c1-2-5-16-13-17-7-11(19(20)21)12(18-13)9-6-8(14)3-4-10(9)15/h3-4,6-7H,2,5H2,1H3,(H,16,17,18). The number of benzene rings is 1. The number of halogens is 2. The largest absolute Gasteiger partial charge is 0.354 e. The van der Waals surface area contributed by atoms with Crippen molar-refractivity contribution in [2.75, 3.05) is 11.9 Å². The first-order valence-electron chi connectivity index (χ1n) is 6.23. The molecule has 110 valence electrons. The Morgan fingerprint density at radius 2 is 2.24 bits per heavy atom. The first-order chi connectivity index (χ1) is 10.0. The van der Waals surface area contributed by atoms with E-state index in [1.165, 1.54) is 18.2 Å². The topological polar surface area (TPSA) is 81.0 Å². The van der Waals surface area contributed by atoms with Gasteiger partial charge in [0.1, 0.15) is 12.0 Å². The zero-order valence-corrected chi connectivity index (χ0v) is 12.7. The van der Waals surface area contributed by atoms with E-state index in [2.05, 4.69) is 31.2 Å². The van der Waals surface area contributed by atoms with Crippen LogP contribution in [-0.2, 0) is 0 Å². The van der Waals surface area contributed by atoms with E-state index in [1.54, 1.807) is 0 Å². The van der Waals surface area contributed by atoms with E-state index >= 15 is 0 Å². The van der Waals surface area contributed by atoms with Gasteiger partial charge in [-0.25, -0.2) is 14.4 Å². The van der Waals surface area contributed by atoms with Crippen LogP contribution in [0.3, 0.4) is 0 Å². The van der Waals surface area contributed by atoms with Gasteiger partial charge >= 0.3 is 5.69 Å². The molecule has 1 heterocycles. The van der Waals surface area contributed by atoms with Gasteiger partial charge in [-0.05, 0) is 24.6 Å². The summed E-state index contributed by atoms with van der Waals surface area (Å²) in [6, 6.07) is 4.20. The number of hydrogen-bond acceptors (Lipinski definition) is 5. The third-order valence-corrected chi connectivity index (χ3v) is 3.18. The van der Waals surface area contributed by atoms with Gasteiger partial charge in [-0.3, -0.25) is 10.1 Å². The van der Waals surface area contributed by atoms with Crippen LogP contribution in [0.2, 0.25) is 0 Å². The summed E-state index contributed by atoms with van der Waals surface area (Å²) in [6.07, 6.45) is 1.93. The maximum absolute atomic E-state index is 14.0. The molecule has 0 spiro atoms. The zero-order valence-electron chi connectivity index (χ0n) is 11.1. The van der Waals surface area contributed by atoms with Crippen molar-refractivity contribution in [3.05, 3.63) is 44.8 Å². The Kier molecular flexibility index (Phi) is 4.79. The smallest absolute Gasteiger partial charge is 0.313 e. The number of nitrogens with one attached hydrogen (secondary N) is 1. The van der Waals surface area contributed by atoms with Crippen LogP contribution in [0.5, 0.6) is 0 Å². The number of hydrogen-bond donors (Lipinski definition) is 1. The van der Waals surface area contributed by atoms with Crippen LogP contribution >= 0.6 is 15.9 Å². The van der Waals surface area contributed by atoms with E-state index in [0.717, 1.165) is 12.6 Å². The van der Waals surface area contributed by atoms with E-state index in [1.807, 2.05) is 6.92 Å². The van der Waals surface area contributed by atoms with E-state index in [0.29, 0.717) is 11.0 Å². The van der Waals surface area contributed by atoms with Gasteiger partial charge in [0, 0.05) is 16.6 Å². The van der Waals surface area contributed by atoms with Gasteiger partial charge in [-0.2, -0.15) is 0 Å². The Balaban J connectivity index is 2.57. The predicted molar refractivity (Wildman–Crippen MR) is 80.6 cm³/mol. The fourth-order valence-electron chi connectivity index (χ4n) is 1.71. The molecule has 6 nitrogen and oxygen atoms in total. The molecule has 0 aliphatic carbocycles. The first kappa shape index (κ1) is 15.3. The maximum atomic E-state index is 14.0. The Bertz CT molecular complexity index is 681. The third kappa shape index (κ3) is 3.52. The molecule has 0 bridgehead atoms. The van der Waals surface area contributed by atoms with Crippen LogP contribution in [0.15, 0.2) is 28.9 Å². The molecule has 0 amide bonds. The molecule has 2 rings (SSSR count). The minimum atomic E-state index is -0.626. The Morgan fingerprint density at radius 1 is 1.48 bits per heavy atom. The van der Waals surface area contributed by atoms with Crippen molar-refractivity contribution in [3.8, 4) is 11.3 Å². The second-order valence-electron chi connectivity index (χ2n) is 4.24. The van der Waals surface area contributed by atoms with Crippen molar-refractivity contribution in [2.45, 2.75) is 13.3 Å². The van der Waals surface area contributed by atoms with Crippen LogP contribution in [0.25, 0.3) is 11.3 Å². The SMILES string of the molecule is CCCNc1ncc([N+](=O)[O-])c(-c2cc(Br)ccc2F)n1. The van der Waals surface area contributed by atoms with Crippen LogP contribution in [0, 0.1) is 15.9 Å². The molecule has 0 unspecified atom stereocenters. The van der Waals surface area contributed by atoms with E-state index in [9.17, 15) is 14.5 Å². The highest BCUT2D eigenvalue weighted by Gasteiger charge is 2.21. The highest BCUT2D eigenvalue weighted by Crippen LogP contribution is 2.31. The van der Waals surface area contributed by atoms with Crippen molar-refractivity contribution < 1.29 is 9.31 Å². The molecular weight excluding hydrogens is 343 g/mol. The molecule has 1 aromatic carbocycles. The molecule has 1 N–H and O–H groups in total. The van der Waals surface area contributed by atoms with Gasteiger partial charge in [0.25, 0.3) is 0 Å². The summed E-state index contributed by atoms with van der Waals surface area (Å²) < 4.78 is 14.6. The van der Waals surface area contributed by atoms with E-state index in [-0.39, 0.29) is 22.9 Å². The van der Waals surface area contributed by atoms with Gasteiger partial charge in [0.05, 0.1) is 4.92 Å². The molecular formula is C13H12BrFN4O2. The zero-order chi connectivity index (χ0) is 15.4. The molecule has 2 aromatic rings. The number of anilines is 1. The van der Waals surface area contributed by atoms with E-state index in [4.69, 9.17) is 0 Å². The van der Waals surface area contributed by atoms with Gasteiger partial charge in [-0.1, -0.05) is 22.9 Å². The summed E-state index contributed by atoms with van der Waals surface area (Å²) in [5, 5.41) is 14.0. The molecule has 0 saturated heterocycles. The number of nitro groups is 1. The van der Waals surface area contributed by atoms with Crippen molar-refractivity contribution in [1.82, 2.24) is 9.97 Å².